The van der Waals surface area contributed by atoms with Crippen LogP contribution in [0.25, 0.3) is 0 Å². The summed E-state index contributed by atoms with van der Waals surface area (Å²) in [5.74, 6) is 2.36. The number of ether oxygens (including phenoxy) is 1. The maximum atomic E-state index is 12.3. The first-order valence-corrected chi connectivity index (χ1v) is 7.66. The van der Waals surface area contributed by atoms with E-state index in [1.54, 1.807) is 0 Å². The number of rotatable bonds is 4. The van der Waals surface area contributed by atoms with Gasteiger partial charge in [0.2, 0.25) is 0 Å². The Kier molecular flexibility index (Phi) is 3.68. The van der Waals surface area contributed by atoms with E-state index in [2.05, 4.69) is 5.32 Å². The van der Waals surface area contributed by atoms with Crippen LogP contribution in [0.2, 0.25) is 0 Å². The van der Waals surface area contributed by atoms with Gasteiger partial charge in [-0.15, -0.1) is 0 Å². The van der Waals surface area contributed by atoms with Gasteiger partial charge < -0.3 is 10.1 Å². The summed E-state index contributed by atoms with van der Waals surface area (Å²) in [6, 6.07) is 8.20. The first kappa shape index (κ1) is 13.5. The molecule has 2 bridgehead atoms. The summed E-state index contributed by atoms with van der Waals surface area (Å²) in [4.78, 5) is 12.3. The second-order valence-corrected chi connectivity index (χ2v) is 6.32. The Hall–Kier alpha value is -1.51. The molecule has 0 spiro atoms. The molecular formula is C17H23NO2. The highest BCUT2D eigenvalue weighted by molar-refractivity contribution is 5.81. The van der Waals surface area contributed by atoms with Crippen molar-refractivity contribution in [2.75, 3.05) is 0 Å². The molecule has 2 saturated carbocycles. The maximum Gasteiger partial charge on any atom is 0.261 e. The Morgan fingerprint density at radius 2 is 2.10 bits per heavy atom. The summed E-state index contributed by atoms with van der Waals surface area (Å²) in [6.45, 7) is 3.82. The molecule has 2 aliphatic carbocycles. The molecule has 4 atom stereocenters. The number of nitrogens with one attached hydrogen (secondary N) is 1. The zero-order chi connectivity index (χ0) is 14.1. The first-order valence-electron chi connectivity index (χ1n) is 7.66. The quantitative estimate of drug-likeness (QED) is 0.915. The maximum absolute atomic E-state index is 12.3. The van der Waals surface area contributed by atoms with Crippen LogP contribution in [0.3, 0.4) is 0 Å². The Balaban J connectivity index is 1.56. The molecule has 108 valence electrons. The van der Waals surface area contributed by atoms with Crippen molar-refractivity contribution in [3.8, 4) is 5.75 Å². The van der Waals surface area contributed by atoms with E-state index in [0.717, 1.165) is 23.7 Å². The number of hydrogen-bond acceptors (Lipinski definition) is 2. The van der Waals surface area contributed by atoms with Crippen LogP contribution < -0.4 is 10.1 Å². The van der Waals surface area contributed by atoms with Crippen molar-refractivity contribution < 1.29 is 9.53 Å². The molecular weight excluding hydrogens is 250 g/mol. The van der Waals surface area contributed by atoms with Crippen LogP contribution in [-0.2, 0) is 4.79 Å². The third-order valence-electron chi connectivity index (χ3n) is 4.83. The number of aryl methyl sites for hydroxylation is 1. The van der Waals surface area contributed by atoms with E-state index in [1.807, 2.05) is 38.1 Å². The lowest BCUT2D eigenvalue weighted by Gasteiger charge is -2.25. The average molecular weight is 273 g/mol. The lowest BCUT2D eigenvalue weighted by Crippen LogP contribution is -2.44. The minimum atomic E-state index is -0.435. The van der Waals surface area contributed by atoms with Crippen molar-refractivity contribution >= 4 is 5.91 Å². The van der Waals surface area contributed by atoms with Gasteiger partial charge in [-0.3, -0.25) is 4.79 Å². The molecule has 2 aliphatic rings. The summed E-state index contributed by atoms with van der Waals surface area (Å²) in [5.41, 5.74) is 1.06. The van der Waals surface area contributed by atoms with Gasteiger partial charge in [-0.1, -0.05) is 24.6 Å². The Morgan fingerprint density at radius 1 is 1.30 bits per heavy atom. The third kappa shape index (κ3) is 2.67. The van der Waals surface area contributed by atoms with Crippen LogP contribution in [0.1, 0.15) is 38.2 Å². The smallest absolute Gasteiger partial charge is 0.261 e. The predicted octanol–water partition coefficient (Wildman–Crippen LogP) is 3.07. The zero-order valence-corrected chi connectivity index (χ0v) is 12.3. The van der Waals surface area contributed by atoms with Crippen molar-refractivity contribution in [1.29, 1.82) is 0 Å². The molecule has 2 fully saturated rings. The lowest BCUT2D eigenvalue weighted by atomic mass is 9.95. The number of benzene rings is 1. The van der Waals surface area contributed by atoms with Gasteiger partial charge in [-0.25, -0.2) is 0 Å². The lowest BCUT2D eigenvalue weighted by molar-refractivity contribution is -0.128. The fourth-order valence-electron chi connectivity index (χ4n) is 3.65. The van der Waals surface area contributed by atoms with Crippen LogP contribution in [0.5, 0.6) is 5.75 Å². The minimum Gasteiger partial charge on any atom is -0.481 e. The van der Waals surface area contributed by atoms with Gasteiger partial charge in [0.05, 0.1) is 0 Å². The number of carbonyl (C=O) groups excluding carboxylic acids is 1. The Morgan fingerprint density at radius 3 is 2.75 bits per heavy atom. The molecule has 1 aromatic carbocycles. The minimum absolute atomic E-state index is 0.0193. The molecule has 0 unspecified atom stereocenters. The van der Waals surface area contributed by atoms with E-state index in [1.165, 1.54) is 19.3 Å². The molecule has 1 N–H and O–H groups in total. The third-order valence-corrected chi connectivity index (χ3v) is 4.83. The largest absolute Gasteiger partial charge is 0.481 e. The molecule has 0 heterocycles. The average Bonchev–Trinajstić information content (AvgIpc) is 3.03. The SMILES string of the molecule is Cc1ccccc1O[C@@H](C)C(=O)N[C@H]1C[C@@H]2CC[C@@H]1C2. The van der Waals surface area contributed by atoms with Crippen LogP contribution in [-0.4, -0.2) is 18.1 Å². The second-order valence-electron chi connectivity index (χ2n) is 6.32. The number of fused-ring (bicyclic) bond motifs is 2. The van der Waals surface area contributed by atoms with Crippen molar-refractivity contribution in [3.05, 3.63) is 29.8 Å². The number of hydrogen-bond donors (Lipinski definition) is 1. The van der Waals surface area contributed by atoms with Crippen LogP contribution >= 0.6 is 0 Å². The van der Waals surface area contributed by atoms with Crippen LogP contribution in [0.4, 0.5) is 0 Å². The van der Waals surface area contributed by atoms with Gasteiger partial charge in [0, 0.05) is 6.04 Å². The first-order chi connectivity index (χ1) is 9.63. The van der Waals surface area contributed by atoms with E-state index in [-0.39, 0.29) is 5.91 Å². The summed E-state index contributed by atoms with van der Waals surface area (Å²) in [7, 11) is 0. The van der Waals surface area contributed by atoms with Gasteiger partial charge in [0.25, 0.3) is 5.91 Å². The van der Waals surface area contributed by atoms with Gasteiger partial charge in [-0.2, -0.15) is 0 Å². The van der Waals surface area contributed by atoms with E-state index in [0.29, 0.717) is 12.0 Å². The molecule has 3 nitrogen and oxygen atoms in total. The fourth-order valence-corrected chi connectivity index (χ4v) is 3.65. The Bertz CT molecular complexity index is 500. The van der Waals surface area contributed by atoms with E-state index >= 15 is 0 Å². The van der Waals surface area contributed by atoms with Crippen LogP contribution in [0, 0.1) is 18.8 Å². The van der Waals surface area contributed by atoms with Crippen LogP contribution in [0.15, 0.2) is 24.3 Å². The van der Waals surface area contributed by atoms with E-state index in [4.69, 9.17) is 4.74 Å². The summed E-state index contributed by atoms with van der Waals surface area (Å²) in [6.07, 6.45) is 4.66. The molecule has 3 heteroatoms. The van der Waals surface area contributed by atoms with E-state index < -0.39 is 6.10 Å². The van der Waals surface area contributed by atoms with E-state index in [9.17, 15) is 4.79 Å². The van der Waals surface area contributed by atoms with Gasteiger partial charge >= 0.3 is 0 Å². The summed E-state index contributed by atoms with van der Waals surface area (Å²) >= 11 is 0. The highest BCUT2D eigenvalue weighted by Gasteiger charge is 2.40. The molecule has 0 radical (unpaired) electrons. The highest BCUT2D eigenvalue weighted by Crippen LogP contribution is 2.44. The molecule has 20 heavy (non-hydrogen) atoms. The second kappa shape index (κ2) is 5.47. The standard InChI is InChI=1S/C17H23NO2/c1-11-5-3-4-6-16(11)20-12(2)17(19)18-15-10-13-7-8-14(15)9-13/h3-6,12-15H,7-10H2,1-2H3,(H,18,19)/t12-,13+,14+,15-/m0/s1. The Labute approximate surface area is 120 Å². The molecule has 0 saturated heterocycles. The highest BCUT2D eigenvalue weighted by atomic mass is 16.5. The monoisotopic (exact) mass is 273 g/mol. The van der Waals surface area contributed by atoms with Crippen molar-refractivity contribution in [2.45, 2.75) is 51.7 Å². The molecule has 0 aliphatic heterocycles. The summed E-state index contributed by atoms with van der Waals surface area (Å²) in [5, 5.41) is 3.19. The zero-order valence-electron chi connectivity index (χ0n) is 12.3. The number of para-hydroxylation sites is 1. The molecule has 3 rings (SSSR count). The molecule has 0 aromatic heterocycles. The van der Waals surface area contributed by atoms with Crippen molar-refractivity contribution in [3.63, 3.8) is 0 Å². The number of amides is 1. The number of carbonyl (C=O) groups is 1. The molecule has 1 aromatic rings. The van der Waals surface area contributed by atoms with Crippen molar-refractivity contribution in [1.82, 2.24) is 5.32 Å². The summed E-state index contributed by atoms with van der Waals surface area (Å²) < 4.78 is 5.79. The van der Waals surface area contributed by atoms with Gasteiger partial charge in [-0.05, 0) is 56.6 Å². The normalized spacial score (nSPS) is 29.2. The van der Waals surface area contributed by atoms with Crippen molar-refractivity contribution in [2.24, 2.45) is 11.8 Å². The predicted molar refractivity (Wildman–Crippen MR) is 78.6 cm³/mol. The fraction of sp³-hybridized carbons (Fsp3) is 0.588. The topological polar surface area (TPSA) is 38.3 Å². The molecule has 1 amide bonds. The van der Waals surface area contributed by atoms with Gasteiger partial charge in [0.1, 0.15) is 5.75 Å². The van der Waals surface area contributed by atoms with Gasteiger partial charge in [0.15, 0.2) is 6.10 Å².